The summed E-state index contributed by atoms with van der Waals surface area (Å²) in [5.74, 6) is -0.0796. The number of rotatable bonds is 7. The van der Waals surface area contributed by atoms with E-state index in [-0.39, 0.29) is 29.2 Å². The van der Waals surface area contributed by atoms with Crippen LogP contribution in [-0.2, 0) is 4.79 Å². The molecule has 0 radical (unpaired) electrons. The molecule has 1 aromatic rings. The quantitative estimate of drug-likeness (QED) is 0.212. The summed E-state index contributed by atoms with van der Waals surface area (Å²) in [7, 11) is 3.71. The number of carbonyl (C=O) groups excluding carboxylic acids is 2. The second kappa shape index (κ2) is 17.4. The number of aromatic nitrogens is 2. The Bertz CT molecular complexity index is 1090. The first-order valence-electron chi connectivity index (χ1n) is 13.2. The van der Waals surface area contributed by atoms with Crippen molar-refractivity contribution in [3.05, 3.63) is 52.9 Å². The van der Waals surface area contributed by atoms with Crippen molar-refractivity contribution in [2.75, 3.05) is 40.0 Å². The van der Waals surface area contributed by atoms with Crippen molar-refractivity contribution in [1.82, 2.24) is 24.7 Å². The number of allylic oxidation sites excluding steroid dienone is 2. The molecule has 10 heteroatoms. The fourth-order valence-electron chi connectivity index (χ4n) is 4.05. The summed E-state index contributed by atoms with van der Waals surface area (Å²) in [6.45, 7) is 20.4. The molecular formula is C29H48N6O3S. The van der Waals surface area contributed by atoms with Gasteiger partial charge in [-0.25, -0.2) is 15.0 Å². The second-order valence-corrected chi connectivity index (χ2v) is 9.26. The lowest BCUT2D eigenvalue weighted by Gasteiger charge is -2.43. The maximum Gasteiger partial charge on any atom is 0.276 e. The predicted octanol–water partition coefficient (Wildman–Crippen LogP) is 4.90. The van der Waals surface area contributed by atoms with Gasteiger partial charge in [0.2, 0.25) is 5.78 Å². The molecule has 0 aromatic carbocycles. The minimum absolute atomic E-state index is 0.00104. The maximum atomic E-state index is 13.8. The van der Waals surface area contributed by atoms with E-state index in [0.717, 1.165) is 17.6 Å². The molecule has 1 amide bonds. The van der Waals surface area contributed by atoms with E-state index in [9.17, 15) is 14.7 Å². The highest BCUT2D eigenvalue weighted by Gasteiger charge is 2.35. The summed E-state index contributed by atoms with van der Waals surface area (Å²) < 4.78 is 0. The molecule has 1 aliphatic rings. The Morgan fingerprint density at radius 3 is 2.21 bits per heavy atom. The molecule has 1 fully saturated rings. The van der Waals surface area contributed by atoms with Gasteiger partial charge in [0.05, 0.1) is 11.4 Å². The molecule has 2 heterocycles. The van der Waals surface area contributed by atoms with E-state index in [2.05, 4.69) is 39.1 Å². The number of Topliss-reactive ketones (excluding diaryl/α,β-unsaturated/α-hetero) is 1. The van der Waals surface area contributed by atoms with Crippen molar-refractivity contribution in [3.63, 3.8) is 0 Å². The summed E-state index contributed by atoms with van der Waals surface area (Å²) in [5.41, 5.74) is 3.05. The van der Waals surface area contributed by atoms with E-state index in [4.69, 9.17) is 0 Å². The highest BCUT2D eigenvalue weighted by Crippen LogP contribution is 2.27. The molecule has 2 rings (SSSR count). The summed E-state index contributed by atoms with van der Waals surface area (Å²) in [6.07, 6.45) is 5.33. The Morgan fingerprint density at radius 2 is 1.74 bits per heavy atom. The van der Waals surface area contributed by atoms with Crippen LogP contribution >= 0.6 is 12.6 Å². The number of aliphatic imine (C=N–C) groups is 1. The number of thiol groups is 1. The lowest BCUT2D eigenvalue weighted by molar-refractivity contribution is -0.114. The van der Waals surface area contributed by atoms with Crippen molar-refractivity contribution in [3.8, 4) is 5.75 Å². The lowest BCUT2D eigenvalue weighted by Crippen LogP contribution is -2.55. The van der Waals surface area contributed by atoms with Crippen molar-refractivity contribution in [2.24, 2.45) is 4.99 Å². The zero-order valence-corrected chi connectivity index (χ0v) is 26.6. The zero-order chi connectivity index (χ0) is 30.4. The van der Waals surface area contributed by atoms with Crippen LogP contribution in [0.15, 0.2) is 46.5 Å². The summed E-state index contributed by atoms with van der Waals surface area (Å²) >= 11 is 3.53. The average Bonchev–Trinajstić information content (AvgIpc) is 2.92. The molecule has 9 nitrogen and oxygen atoms in total. The van der Waals surface area contributed by atoms with Crippen LogP contribution in [0.3, 0.4) is 0 Å². The number of nitrogens with zero attached hydrogens (tertiary/aromatic N) is 6. The van der Waals surface area contributed by atoms with Crippen LogP contribution in [0.2, 0.25) is 0 Å². The smallest absolute Gasteiger partial charge is 0.276 e. The van der Waals surface area contributed by atoms with Gasteiger partial charge in [0.25, 0.3) is 5.91 Å². The maximum absolute atomic E-state index is 13.8. The number of carbonyl (C=O) groups is 2. The van der Waals surface area contributed by atoms with E-state index >= 15 is 0 Å². The Balaban J connectivity index is 0.00000344. The van der Waals surface area contributed by atoms with Gasteiger partial charge in [0.15, 0.2) is 11.4 Å². The van der Waals surface area contributed by atoms with E-state index < -0.39 is 0 Å². The van der Waals surface area contributed by atoms with Crippen molar-refractivity contribution < 1.29 is 14.7 Å². The molecule has 0 saturated carbocycles. The minimum atomic E-state index is -0.340. The van der Waals surface area contributed by atoms with Crippen LogP contribution in [0.1, 0.15) is 71.1 Å². The first-order chi connectivity index (χ1) is 18.4. The monoisotopic (exact) mass is 560 g/mol. The van der Waals surface area contributed by atoms with Gasteiger partial charge in [-0.15, -0.1) is 0 Å². The van der Waals surface area contributed by atoms with Gasteiger partial charge >= 0.3 is 0 Å². The highest BCUT2D eigenvalue weighted by atomic mass is 32.1. The van der Waals surface area contributed by atoms with Crippen LogP contribution in [-0.4, -0.2) is 93.3 Å². The molecule has 1 saturated heterocycles. The third-order valence-electron chi connectivity index (χ3n) is 5.98. The number of amides is 1. The van der Waals surface area contributed by atoms with Crippen LogP contribution in [0.5, 0.6) is 5.75 Å². The normalized spacial score (nSPS) is 14.7. The number of ketones is 1. The van der Waals surface area contributed by atoms with Gasteiger partial charge in [-0.1, -0.05) is 27.4 Å². The predicted molar refractivity (Wildman–Crippen MR) is 164 cm³/mol. The first-order valence-corrected chi connectivity index (χ1v) is 14.1. The fraction of sp³-hybridized carbons (Fsp3) is 0.552. The Labute approximate surface area is 240 Å². The third-order valence-corrected chi connectivity index (χ3v) is 5.98. The average molecular weight is 561 g/mol. The molecule has 39 heavy (non-hydrogen) atoms. The minimum Gasteiger partial charge on any atom is -0.504 e. The van der Waals surface area contributed by atoms with E-state index in [0.29, 0.717) is 42.6 Å². The number of hydrogen-bond acceptors (Lipinski definition) is 8. The van der Waals surface area contributed by atoms with Gasteiger partial charge in [0, 0.05) is 39.8 Å². The largest absolute Gasteiger partial charge is 0.504 e. The van der Waals surface area contributed by atoms with Crippen molar-refractivity contribution in [1.29, 1.82) is 0 Å². The number of piperazine rings is 1. The number of amidine groups is 1. The number of aromatic hydroxyl groups is 1. The molecule has 1 atom stereocenters. The van der Waals surface area contributed by atoms with Crippen molar-refractivity contribution in [2.45, 2.75) is 67.9 Å². The fourth-order valence-corrected chi connectivity index (χ4v) is 4.05. The second-order valence-electron chi connectivity index (χ2n) is 9.26. The van der Waals surface area contributed by atoms with Gasteiger partial charge in [-0.3, -0.25) is 9.59 Å². The third kappa shape index (κ3) is 9.23. The van der Waals surface area contributed by atoms with Crippen LogP contribution < -0.4 is 0 Å². The molecule has 1 unspecified atom stereocenters. The molecule has 0 bridgehead atoms. The van der Waals surface area contributed by atoms with E-state index in [1.54, 1.807) is 24.2 Å². The molecule has 1 N–H and O–H groups in total. The number of likely N-dealkylation sites (N-methyl/N-ethyl adjacent to an activating group) is 1. The molecule has 0 aliphatic carbocycles. The summed E-state index contributed by atoms with van der Waals surface area (Å²) in [6, 6.07) is -0.0817. The Kier molecular flexibility index (Phi) is 16.0. The van der Waals surface area contributed by atoms with E-state index in [1.807, 2.05) is 67.5 Å². The van der Waals surface area contributed by atoms with Crippen LogP contribution in [0.4, 0.5) is 0 Å². The van der Waals surface area contributed by atoms with Gasteiger partial charge in [-0.2, -0.15) is 12.6 Å². The molecule has 1 aliphatic heterocycles. The Hall–Kier alpha value is -3.14. The van der Waals surface area contributed by atoms with Crippen molar-refractivity contribution >= 4 is 30.2 Å². The Morgan fingerprint density at radius 1 is 1.15 bits per heavy atom. The SMILES string of the molecule is C=CC(=NC(C(=O)C(=C(C)C)N1CCN(C(=O)c2ncnc(C)c2O)CC1CC)=C(C)C)N(C)C.CC.CS. The van der Waals surface area contributed by atoms with Gasteiger partial charge in [0.1, 0.15) is 17.9 Å². The van der Waals surface area contributed by atoms with Gasteiger partial charge in [-0.05, 0) is 64.5 Å². The number of aryl methyl sites for hydroxylation is 1. The molecule has 1 aromatic heterocycles. The van der Waals surface area contributed by atoms with Gasteiger partial charge < -0.3 is 19.8 Å². The zero-order valence-electron chi connectivity index (χ0n) is 25.7. The summed E-state index contributed by atoms with van der Waals surface area (Å²) in [4.78, 5) is 45.1. The molecule has 0 spiro atoms. The molecular weight excluding hydrogens is 512 g/mol. The molecule has 218 valence electrons. The first kappa shape index (κ1) is 35.9. The van der Waals surface area contributed by atoms with Crippen LogP contribution in [0, 0.1) is 6.92 Å². The lowest BCUT2D eigenvalue weighted by atomic mass is 10.0. The highest BCUT2D eigenvalue weighted by molar-refractivity contribution is 7.79. The summed E-state index contributed by atoms with van der Waals surface area (Å²) in [5, 5.41) is 10.3. The van der Waals surface area contributed by atoms with E-state index in [1.165, 1.54) is 6.33 Å². The standard InChI is InChI=1S/C26H38N6O3.C2H6.CH4S/c1-10-19-14-31(26(35)22-24(33)18(7)27-15-28-22)12-13-32(19)23(17(5)6)25(34)21(16(3)4)29-20(11-2)30(8)9;2*1-2/h11,15,19,33H,2,10,12-14H2,1,3-9H3;1-2H3;2H,1H3. The van der Waals surface area contributed by atoms with Crippen LogP contribution in [0.25, 0.3) is 0 Å². The topological polar surface area (TPSA) is 102 Å². The number of hydrogen-bond donors (Lipinski definition) is 2.